The second-order valence-electron chi connectivity index (χ2n) is 4.77. The Bertz CT molecular complexity index is 274. The topological polar surface area (TPSA) is 83.6 Å². The molecule has 3 N–H and O–H groups in total. The first-order valence-corrected chi connectivity index (χ1v) is 7.30. The van der Waals surface area contributed by atoms with Crippen molar-refractivity contribution in [3.05, 3.63) is 0 Å². The summed E-state index contributed by atoms with van der Waals surface area (Å²) in [4.78, 5) is 24.3. The third-order valence-corrected chi connectivity index (χ3v) is 3.49. The highest BCUT2D eigenvalue weighted by molar-refractivity contribution is 7.99. The van der Waals surface area contributed by atoms with Crippen molar-refractivity contribution >= 4 is 23.6 Å². The smallest absolute Gasteiger partial charge is 0.320 e. The summed E-state index contributed by atoms with van der Waals surface area (Å²) in [5.74, 6) is 0.0631. The van der Waals surface area contributed by atoms with Crippen LogP contribution in [0.4, 0.5) is 0 Å². The van der Waals surface area contributed by atoms with E-state index in [4.69, 9.17) is 10.8 Å². The number of aliphatic carboxylic acids is 1. The summed E-state index contributed by atoms with van der Waals surface area (Å²) in [6.07, 6.45) is 0.386. The van der Waals surface area contributed by atoms with Crippen molar-refractivity contribution < 1.29 is 14.7 Å². The molecule has 0 spiro atoms. The molecule has 0 saturated heterocycles. The summed E-state index contributed by atoms with van der Waals surface area (Å²) in [6.45, 7) is 7.96. The van der Waals surface area contributed by atoms with E-state index in [9.17, 15) is 9.59 Å². The zero-order chi connectivity index (χ0) is 14.3. The van der Waals surface area contributed by atoms with Gasteiger partial charge in [0.2, 0.25) is 5.91 Å². The molecule has 0 aliphatic rings. The van der Waals surface area contributed by atoms with Gasteiger partial charge < -0.3 is 15.7 Å². The monoisotopic (exact) mass is 276 g/mol. The number of amides is 1. The number of carboxylic acid groups (broad SMARTS) is 1. The van der Waals surface area contributed by atoms with Crippen molar-refractivity contribution in [1.29, 1.82) is 0 Å². The predicted molar refractivity (Wildman–Crippen MR) is 74.7 cm³/mol. The van der Waals surface area contributed by atoms with Crippen LogP contribution in [0.3, 0.4) is 0 Å². The lowest BCUT2D eigenvalue weighted by atomic mass is 10.2. The van der Waals surface area contributed by atoms with E-state index in [1.165, 1.54) is 11.8 Å². The Morgan fingerprint density at radius 3 is 2.11 bits per heavy atom. The lowest BCUT2D eigenvalue weighted by molar-refractivity contribution is -0.138. The molecule has 0 aliphatic carbocycles. The van der Waals surface area contributed by atoms with E-state index in [2.05, 4.69) is 0 Å². The van der Waals surface area contributed by atoms with Crippen molar-refractivity contribution in [2.45, 2.75) is 52.2 Å². The Labute approximate surface area is 113 Å². The molecular formula is C12H24N2O3S. The molecule has 0 bridgehead atoms. The molecule has 5 nitrogen and oxygen atoms in total. The van der Waals surface area contributed by atoms with Gasteiger partial charge in [-0.15, -0.1) is 0 Å². The molecule has 0 saturated carbocycles. The molecule has 6 heteroatoms. The average molecular weight is 276 g/mol. The molecule has 106 valence electrons. The highest BCUT2D eigenvalue weighted by atomic mass is 32.2. The van der Waals surface area contributed by atoms with Gasteiger partial charge in [-0.05, 0) is 39.9 Å². The van der Waals surface area contributed by atoms with E-state index < -0.39 is 12.0 Å². The number of hydrogen-bond acceptors (Lipinski definition) is 4. The quantitative estimate of drug-likeness (QED) is 0.650. The molecule has 0 aromatic rings. The Hall–Kier alpha value is -0.750. The number of hydrogen-bond donors (Lipinski definition) is 2. The SMILES string of the molecule is CC(C)N(C(=O)CSCCC(N)C(=O)O)C(C)C. The van der Waals surface area contributed by atoms with Gasteiger partial charge in [0, 0.05) is 12.1 Å². The van der Waals surface area contributed by atoms with Crippen LogP contribution in [0.1, 0.15) is 34.1 Å². The van der Waals surface area contributed by atoms with Gasteiger partial charge >= 0.3 is 5.97 Å². The van der Waals surface area contributed by atoms with Crippen LogP contribution in [0.5, 0.6) is 0 Å². The molecule has 0 fully saturated rings. The predicted octanol–water partition coefficient (Wildman–Crippen LogP) is 1.17. The summed E-state index contributed by atoms with van der Waals surface area (Å²) in [5.41, 5.74) is 5.38. The number of carbonyl (C=O) groups excluding carboxylic acids is 1. The Morgan fingerprint density at radius 2 is 1.72 bits per heavy atom. The number of nitrogens with zero attached hydrogens (tertiary/aromatic N) is 1. The van der Waals surface area contributed by atoms with Crippen LogP contribution in [0.15, 0.2) is 0 Å². The van der Waals surface area contributed by atoms with Gasteiger partial charge in [0.1, 0.15) is 6.04 Å². The minimum absolute atomic E-state index is 0.0916. The third-order valence-electron chi connectivity index (χ3n) is 2.52. The number of thioether (sulfide) groups is 1. The summed E-state index contributed by atoms with van der Waals surface area (Å²) in [5, 5.41) is 8.61. The van der Waals surface area contributed by atoms with Gasteiger partial charge in [-0.25, -0.2) is 0 Å². The number of rotatable bonds is 8. The van der Waals surface area contributed by atoms with Crippen LogP contribution in [0.25, 0.3) is 0 Å². The van der Waals surface area contributed by atoms with Gasteiger partial charge in [-0.3, -0.25) is 9.59 Å². The molecule has 0 radical (unpaired) electrons. The van der Waals surface area contributed by atoms with Crippen molar-refractivity contribution in [2.24, 2.45) is 5.73 Å². The second kappa shape index (κ2) is 8.37. The molecular weight excluding hydrogens is 252 g/mol. The fourth-order valence-corrected chi connectivity index (χ4v) is 2.63. The van der Waals surface area contributed by atoms with Crippen molar-refractivity contribution in [3.63, 3.8) is 0 Å². The van der Waals surface area contributed by atoms with E-state index in [0.29, 0.717) is 17.9 Å². The second-order valence-corrected chi connectivity index (χ2v) is 5.88. The van der Waals surface area contributed by atoms with E-state index >= 15 is 0 Å². The Kier molecular flexibility index (Phi) is 8.02. The van der Waals surface area contributed by atoms with Crippen molar-refractivity contribution in [1.82, 2.24) is 4.90 Å². The van der Waals surface area contributed by atoms with Crippen LogP contribution in [-0.2, 0) is 9.59 Å². The van der Waals surface area contributed by atoms with Gasteiger partial charge in [-0.1, -0.05) is 0 Å². The number of carboxylic acids is 1. The largest absolute Gasteiger partial charge is 0.480 e. The Balaban J connectivity index is 3.99. The summed E-state index contributed by atoms with van der Waals surface area (Å²) < 4.78 is 0. The maximum absolute atomic E-state index is 12.0. The zero-order valence-electron chi connectivity index (χ0n) is 11.5. The number of carbonyl (C=O) groups is 2. The highest BCUT2D eigenvalue weighted by Crippen LogP contribution is 2.11. The molecule has 1 unspecified atom stereocenters. The van der Waals surface area contributed by atoms with E-state index in [0.717, 1.165) is 0 Å². The molecule has 0 aliphatic heterocycles. The van der Waals surface area contributed by atoms with Gasteiger partial charge in [0.25, 0.3) is 0 Å². The van der Waals surface area contributed by atoms with Crippen LogP contribution in [0.2, 0.25) is 0 Å². The maximum Gasteiger partial charge on any atom is 0.320 e. The third kappa shape index (κ3) is 6.26. The summed E-state index contributed by atoms with van der Waals surface area (Å²) in [6, 6.07) is -0.474. The minimum atomic E-state index is -0.993. The standard InChI is InChI=1S/C12H24N2O3S/c1-8(2)14(9(3)4)11(15)7-18-6-5-10(13)12(16)17/h8-10H,5-7,13H2,1-4H3,(H,16,17). The zero-order valence-corrected chi connectivity index (χ0v) is 12.4. The molecule has 0 heterocycles. The van der Waals surface area contributed by atoms with E-state index in [1.54, 1.807) is 0 Å². The fraction of sp³-hybridized carbons (Fsp3) is 0.833. The van der Waals surface area contributed by atoms with Crippen LogP contribution in [-0.4, -0.2) is 51.5 Å². The first-order chi connectivity index (χ1) is 8.27. The number of nitrogens with two attached hydrogens (primary N) is 1. The molecule has 1 amide bonds. The molecule has 1 atom stereocenters. The van der Waals surface area contributed by atoms with Gasteiger partial charge in [0.05, 0.1) is 5.75 Å². The first kappa shape index (κ1) is 17.2. The minimum Gasteiger partial charge on any atom is -0.480 e. The maximum atomic E-state index is 12.0. The summed E-state index contributed by atoms with van der Waals surface area (Å²) >= 11 is 1.44. The highest BCUT2D eigenvalue weighted by Gasteiger charge is 2.19. The fourth-order valence-electron chi connectivity index (χ4n) is 1.74. The Morgan fingerprint density at radius 1 is 1.22 bits per heavy atom. The first-order valence-electron chi connectivity index (χ1n) is 6.14. The van der Waals surface area contributed by atoms with Crippen molar-refractivity contribution in [3.8, 4) is 0 Å². The lowest BCUT2D eigenvalue weighted by Crippen LogP contribution is -2.43. The van der Waals surface area contributed by atoms with Crippen LogP contribution >= 0.6 is 11.8 Å². The molecule has 18 heavy (non-hydrogen) atoms. The van der Waals surface area contributed by atoms with Crippen LogP contribution in [0, 0.1) is 0 Å². The summed E-state index contributed by atoms with van der Waals surface area (Å²) in [7, 11) is 0. The normalized spacial score (nSPS) is 12.8. The van der Waals surface area contributed by atoms with Gasteiger partial charge in [0.15, 0.2) is 0 Å². The van der Waals surface area contributed by atoms with Crippen molar-refractivity contribution in [2.75, 3.05) is 11.5 Å². The van der Waals surface area contributed by atoms with Gasteiger partial charge in [-0.2, -0.15) is 11.8 Å². The lowest BCUT2D eigenvalue weighted by Gasteiger charge is -2.30. The average Bonchev–Trinajstić information content (AvgIpc) is 2.22. The van der Waals surface area contributed by atoms with E-state index in [1.807, 2.05) is 32.6 Å². The molecule has 0 rings (SSSR count). The van der Waals surface area contributed by atoms with Crippen LogP contribution < -0.4 is 5.73 Å². The van der Waals surface area contributed by atoms with E-state index in [-0.39, 0.29) is 18.0 Å². The molecule has 0 aromatic heterocycles. The molecule has 0 aromatic carbocycles.